The molecule has 0 bridgehead atoms. The molecule has 3 heterocycles. The van der Waals surface area contributed by atoms with Gasteiger partial charge in [-0.3, -0.25) is 14.6 Å². The van der Waals surface area contributed by atoms with Crippen molar-refractivity contribution in [1.29, 1.82) is 0 Å². The number of pyridine rings is 1. The van der Waals surface area contributed by atoms with E-state index in [1.807, 2.05) is 30.3 Å². The highest BCUT2D eigenvalue weighted by atomic mass is 32.1. The van der Waals surface area contributed by atoms with Crippen LogP contribution in [0.1, 0.15) is 39.2 Å². The standard InChI is InChI=1S/C24H23N3O4S/c28-22(19-14-30-17-8-2-3-9-18(17)31-19)27-24-21(16-7-1-4-10-20(16)32-24)23(29)26-13-15-6-5-11-25-12-15/h2-3,5-6,8-9,11-12,19H,1,4,7,10,13-14H2,(H,26,29)(H,27,28)/t19-/m1/s1. The summed E-state index contributed by atoms with van der Waals surface area (Å²) >= 11 is 1.49. The molecule has 8 heteroatoms. The van der Waals surface area contributed by atoms with E-state index >= 15 is 0 Å². The van der Waals surface area contributed by atoms with Crippen LogP contribution in [0.25, 0.3) is 0 Å². The van der Waals surface area contributed by atoms with Gasteiger partial charge in [-0.2, -0.15) is 0 Å². The molecule has 0 fully saturated rings. The van der Waals surface area contributed by atoms with Crippen LogP contribution in [0.4, 0.5) is 5.00 Å². The highest BCUT2D eigenvalue weighted by Gasteiger charge is 2.31. The largest absolute Gasteiger partial charge is 0.485 e. The van der Waals surface area contributed by atoms with Crippen LogP contribution in [0.3, 0.4) is 0 Å². The number of benzene rings is 1. The molecule has 1 aliphatic carbocycles. The molecule has 32 heavy (non-hydrogen) atoms. The van der Waals surface area contributed by atoms with Crippen LogP contribution in [-0.2, 0) is 24.2 Å². The monoisotopic (exact) mass is 449 g/mol. The van der Waals surface area contributed by atoms with Crippen molar-refractivity contribution >= 4 is 28.2 Å². The number of aromatic nitrogens is 1. The van der Waals surface area contributed by atoms with E-state index in [9.17, 15) is 9.59 Å². The summed E-state index contributed by atoms with van der Waals surface area (Å²) in [5, 5.41) is 6.50. The SMILES string of the molecule is O=C(NCc1cccnc1)c1c(NC(=O)[C@H]2COc3ccccc3O2)sc2c1CCCC2. The zero-order chi connectivity index (χ0) is 21.9. The van der Waals surface area contributed by atoms with Crippen molar-refractivity contribution in [3.8, 4) is 11.5 Å². The Labute approximate surface area is 189 Å². The van der Waals surface area contributed by atoms with E-state index in [2.05, 4.69) is 15.6 Å². The zero-order valence-corrected chi connectivity index (χ0v) is 18.2. The van der Waals surface area contributed by atoms with Gasteiger partial charge in [0.15, 0.2) is 11.5 Å². The number of carbonyl (C=O) groups is 2. The van der Waals surface area contributed by atoms with E-state index in [1.165, 1.54) is 16.2 Å². The Hall–Kier alpha value is -3.39. The van der Waals surface area contributed by atoms with E-state index < -0.39 is 6.10 Å². The maximum atomic E-state index is 13.2. The molecule has 2 amide bonds. The number of fused-ring (bicyclic) bond motifs is 2. The number of carbonyl (C=O) groups excluding carboxylic acids is 2. The quantitative estimate of drug-likeness (QED) is 0.620. The number of anilines is 1. The first-order chi connectivity index (χ1) is 15.7. The number of aryl methyl sites for hydroxylation is 1. The first kappa shape index (κ1) is 20.5. The van der Waals surface area contributed by atoms with Gasteiger partial charge in [0.25, 0.3) is 11.8 Å². The third-order valence-corrected chi connectivity index (χ3v) is 6.82. The summed E-state index contributed by atoms with van der Waals surface area (Å²) in [6, 6.07) is 11.0. The number of para-hydroxylation sites is 2. The van der Waals surface area contributed by atoms with Crippen LogP contribution >= 0.6 is 11.3 Å². The summed E-state index contributed by atoms with van der Waals surface area (Å²) in [6.45, 7) is 0.498. The second kappa shape index (κ2) is 9.00. The lowest BCUT2D eigenvalue weighted by Crippen LogP contribution is -2.40. The smallest absolute Gasteiger partial charge is 0.269 e. The van der Waals surface area contributed by atoms with Gasteiger partial charge in [-0.05, 0) is 55.0 Å². The molecule has 0 saturated heterocycles. The fourth-order valence-electron chi connectivity index (χ4n) is 4.01. The number of nitrogens with one attached hydrogen (secondary N) is 2. The molecule has 0 saturated carbocycles. The number of hydrogen-bond acceptors (Lipinski definition) is 6. The van der Waals surface area contributed by atoms with Crippen molar-refractivity contribution in [3.05, 3.63) is 70.4 Å². The van der Waals surface area contributed by atoms with Gasteiger partial charge >= 0.3 is 0 Å². The molecule has 2 N–H and O–H groups in total. The summed E-state index contributed by atoms with van der Waals surface area (Å²) in [7, 11) is 0. The predicted octanol–water partition coefficient (Wildman–Crippen LogP) is 3.73. The minimum Gasteiger partial charge on any atom is -0.485 e. The van der Waals surface area contributed by atoms with Crippen molar-refractivity contribution in [2.24, 2.45) is 0 Å². The average molecular weight is 450 g/mol. The average Bonchev–Trinajstić information content (AvgIpc) is 3.20. The van der Waals surface area contributed by atoms with Crippen LogP contribution in [-0.4, -0.2) is 29.5 Å². The van der Waals surface area contributed by atoms with E-state index in [0.29, 0.717) is 28.6 Å². The lowest BCUT2D eigenvalue weighted by atomic mass is 9.95. The Morgan fingerprint density at radius 1 is 1.09 bits per heavy atom. The summed E-state index contributed by atoms with van der Waals surface area (Å²) in [5.74, 6) is 0.659. The summed E-state index contributed by atoms with van der Waals surface area (Å²) in [5.41, 5.74) is 2.53. The first-order valence-electron chi connectivity index (χ1n) is 10.7. The fourth-order valence-corrected chi connectivity index (χ4v) is 5.30. The highest BCUT2D eigenvalue weighted by Crippen LogP contribution is 2.39. The Bertz CT molecular complexity index is 1150. The third kappa shape index (κ3) is 4.18. The number of rotatable bonds is 5. The van der Waals surface area contributed by atoms with Crippen LogP contribution in [0.5, 0.6) is 11.5 Å². The van der Waals surface area contributed by atoms with Gasteiger partial charge in [-0.1, -0.05) is 18.2 Å². The fraction of sp³-hybridized carbons (Fsp3) is 0.292. The second-order valence-electron chi connectivity index (χ2n) is 7.81. The summed E-state index contributed by atoms with van der Waals surface area (Å²) < 4.78 is 11.5. The predicted molar refractivity (Wildman–Crippen MR) is 121 cm³/mol. The Balaban J connectivity index is 1.35. The van der Waals surface area contributed by atoms with E-state index in [0.717, 1.165) is 36.8 Å². The van der Waals surface area contributed by atoms with Crippen molar-refractivity contribution in [2.75, 3.05) is 11.9 Å². The van der Waals surface area contributed by atoms with Crippen LogP contribution in [0.15, 0.2) is 48.8 Å². The van der Waals surface area contributed by atoms with Crippen molar-refractivity contribution in [3.63, 3.8) is 0 Å². The van der Waals surface area contributed by atoms with E-state index in [1.54, 1.807) is 18.5 Å². The Morgan fingerprint density at radius 3 is 2.78 bits per heavy atom. The molecule has 0 spiro atoms. The molecule has 0 unspecified atom stereocenters. The molecule has 1 atom stereocenters. The Kier molecular flexibility index (Phi) is 5.77. The Morgan fingerprint density at radius 2 is 1.94 bits per heavy atom. The van der Waals surface area contributed by atoms with Crippen LogP contribution in [0.2, 0.25) is 0 Å². The number of hydrogen-bond donors (Lipinski definition) is 2. The van der Waals surface area contributed by atoms with E-state index in [-0.39, 0.29) is 18.4 Å². The van der Waals surface area contributed by atoms with Gasteiger partial charge in [0.1, 0.15) is 11.6 Å². The normalized spacial score (nSPS) is 16.7. The second-order valence-corrected chi connectivity index (χ2v) is 8.92. The molecule has 0 radical (unpaired) electrons. The lowest BCUT2D eigenvalue weighted by Gasteiger charge is -2.25. The maximum Gasteiger partial charge on any atom is 0.269 e. The van der Waals surface area contributed by atoms with E-state index in [4.69, 9.17) is 9.47 Å². The number of thiophene rings is 1. The highest BCUT2D eigenvalue weighted by molar-refractivity contribution is 7.17. The molecular formula is C24H23N3O4S. The molecular weight excluding hydrogens is 426 g/mol. The number of amides is 2. The molecule has 7 nitrogen and oxygen atoms in total. The zero-order valence-electron chi connectivity index (χ0n) is 17.4. The molecule has 2 aliphatic rings. The number of ether oxygens (including phenoxy) is 2. The molecule has 1 aromatic carbocycles. The topological polar surface area (TPSA) is 89.6 Å². The molecule has 5 rings (SSSR count). The van der Waals surface area contributed by atoms with Gasteiger partial charge in [-0.25, -0.2) is 0 Å². The summed E-state index contributed by atoms with van der Waals surface area (Å²) in [6.07, 6.45) is 6.54. The number of nitrogens with zero attached hydrogens (tertiary/aromatic N) is 1. The summed E-state index contributed by atoms with van der Waals surface area (Å²) in [4.78, 5) is 31.4. The lowest BCUT2D eigenvalue weighted by molar-refractivity contribution is -0.125. The van der Waals surface area contributed by atoms with Gasteiger partial charge < -0.3 is 20.1 Å². The van der Waals surface area contributed by atoms with Crippen molar-refractivity contribution in [1.82, 2.24) is 10.3 Å². The van der Waals surface area contributed by atoms with Gasteiger partial charge in [-0.15, -0.1) is 11.3 Å². The first-order valence-corrected chi connectivity index (χ1v) is 11.5. The van der Waals surface area contributed by atoms with Crippen LogP contribution < -0.4 is 20.1 Å². The minimum absolute atomic E-state index is 0.122. The maximum absolute atomic E-state index is 13.2. The molecule has 2 aromatic heterocycles. The molecule has 1 aliphatic heterocycles. The third-order valence-electron chi connectivity index (χ3n) is 5.61. The van der Waals surface area contributed by atoms with Crippen molar-refractivity contribution in [2.45, 2.75) is 38.3 Å². The van der Waals surface area contributed by atoms with Crippen molar-refractivity contribution < 1.29 is 19.1 Å². The van der Waals surface area contributed by atoms with Gasteiger partial charge in [0.2, 0.25) is 6.10 Å². The van der Waals surface area contributed by atoms with Crippen LogP contribution in [0, 0.1) is 0 Å². The molecule has 164 valence electrons. The van der Waals surface area contributed by atoms with Gasteiger partial charge in [0.05, 0.1) is 5.56 Å². The molecule has 3 aromatic rings. The van der Waals surface area contributed by atoms with Gasteiger partial charge in [0, 0.05) is 23.8 Å². The minimum atomic E-state index is -0.782.